The minimum atomic E-state index is -0.303. The van der Waals surface area contributed by atoms with Crippen molar-refractivity contribution in [3.05, 3.63) is 65.2 Å². The first kappa shape index (κ1) is 15.6. The first-order valence-electron chi connectivity index (χ1n) is 7.28. The van der Waals surface area contributed by atoms with Gasteiger partial charge >= 0.3 is 0 Å². The molecule has 2 aromatic rings. The Morgan fingerprint density at radius 2 is 1.76 bits per heavy atom. The number of aromatic nitrogens is 1. The number of rotatable bonds is 4. The Hall–Kier alpha value is -1.74. The van der Waals surface area contributed by atoms with E-state index in [1.165, 1.54) is 23.4 Å². The second-order valence-electron chi connectivity index (χ2n) is 6.39. The quantitative estimate of drug-likeness (QED) is 0.918. The summed E-state index contributed by atoms with van der Waals surface area (Å²) in [5.74, 6) is -0.303. The van der Waals surface area contributed by atoms with Crippen LogP contribution in [0.4, 0.5) is 4.39 Å². The molecule has 1 aromatic heterocycles. The Kier molecular flexibility index (Phi) is 4.73. The Balaban J connectivity index is 2.13. The van der Waals surface area contributed by atoms with Crippen LogP contribution in [-0.4, -0.2) is 12.0 Å². The predicted molar refractivity (Wildman–Crippen MR) is 84.8 cm³/mol. The molecule has 112 valence electrons. The van der Waals surface area contributed by atoms with E-state index >= 15 is 0 Å². The molecule has 1 N–H and O–H groups in total. The number of hydrogen-bond donors (Lipinski definition) is 1. The molecule has 2 nitrogen and oxygen atoms in total. The van der Waals surface area contributed by atoms with Crippen molar-refractivity contribution < 1.29 is 4.39 Å². The summed E-state index contributed by atoms with van der Waals surface area (Å²) in [7, 11) is 1.90. The molecule has 0 aliphatic heterocycles. The predicted octanol–water partition coefficient (Wildman–Crippen LogP) is 4.02. The molecule has 21 heavy (non-hydrogen) atoms. The number of nitrogens with one attached hydrogen (secondary N) is 1. The summed E-state index contributed by atoms with van der Waals surface area (Å²) in [5, 5.41) is 3.25. The fourth-order valence-corrected chi connectivity index (χ4v) is 2.32. The summed E-state index contributed by atoms with van der Waals surface area (Å²) in [4.78, 5) is 4.16. The van der Waals surface area contributed by atoms with Gasteiger partial charge < -0.3 is 5.32 Å². The molecule has 1 atom stereocenters. The van der Waals surface area contributed by atoms with Crippen LogP contribution in [0.3, 0.4) is 0 Å². The minimum Gasteiger partial charge on any atom is -0.311 e. The molecule has 0 spiro atoms. The zero-order valence-corrected chi connectivity index (χ0v) is 13.2. The molecule has 1 aromatic carbocycles. The van der Waals surface area contributed by atoms with E-state index in [9.17, 15) is 4.39 Å². The highest BCUT2D eigenvalue weighted by atomic mass is 19.1. The van der Waals surface area contributed by atoms with Crippen LogP contribution in [0.5, 0.6) is 0 Å². The number of hydrogen-bond acceptors (Lipinski definition) is 2. The summed E-state index contributed by atoms with van der Waals surface area (Å²) in [6.07, 6.45) is 2.10. The van der Waals surface area contributed by atoms with E-state index in [1.54, 1.807) is 6.07 Å². The Labute approximate surface area is 126 Å². The summed E-state index contributed by atoms with van der Waals surface area (Å²) in [5.41, 5.74) is 3.60. The molecular weight excluding hydrogens is 263 g/mol. The third-order valence-electron chi connectivity index (χ3n) is 3.72. The third kappa shape index (κ3) is 4.11. The molecule has 0 amide bonds. The summed E-state index contributed by atoms with van der Waals surface area (Å²) in [6.45, 7) is 6.63. The monoisotopic (exact) mass is 286 g/mol. The van der Waals surface area contributed by atoms with Crippen molar-refractivity contribution in [2.75, 3.05) is 7.05 Å². The summed E-state index contributed by atoms with van der Waals surface area (Å²) >= 11 is 0. The molecule has 0 bridgehead atoms. The van der Waals surface area contributed by atoms with Gasteiger partial charge in [0.1, 0.15) is 5.82 Å². The molecule has 0 radical (unpaired) electrons. The Bertz CT molecular complexity index is 568. The van der Waals surface area contributed by atoms with Crippen LogP contribution in [0.15, 0.2) is 42.6 Å². The van der Waals surface area contributed by atoms with Crippen molar-refractivity contribution in [2.45, 2.75) is 38.6 Å². The largest absolute Gasteiger partial charge is 0.311 e. The maximum absolute atomic E-state index is 13.0. The lowest BCUT2D eigenvalue weighted by atomic mass is 9.86. The van der Waals surface area contributed by atoms with Crippen molar-refractivity contribution >= 4 is 0 Å². The fraction of sp³-hybridized carbons (Fsp3) is 0.389. The van der Waals surface area contributed by atoms with Gasteiger partial charge in [0.15, 0.2) is 0 Å². The van der Waals surface area contributed by atoms with Crippen LogP contribution < -0.4 is 5.32 Å². The van der Waals surface area contributed by atoms with Crippen LogP contribution in [0.25, 0.3) is 0 Å². The molecule has 0 aliphatic rings. The summed E-state index contributed by atoms with van der Waals surface area (Å²) < 4.78 is 13.0. The second kappa shape index (κ2) is 6.35. The van der Waals surface area contributed by atoms with Crippen LogP contribution in [-0.2, 0) is 11.8 Å². The zero-order valence-electron chi connectivity index (χ0n) is 13.2. The van der Waals surface area contributed by atoms with E-state index < -0.39 is 0 Å². The number of pyridine rings is 1. The van der Waals surface area contributed by atoms with Crippen molar-refractivity contribution in [3.8, 4) is 0 Å². The van der Waals surface area contributed by atoms with Crippen molar-refractivity contribution in [1.82, 2.24) is 10.3 Å². The van der Waals surface area contributed by atoms with Crippen molar-refractivity contribution in [2.24, 2.45) is 0 Å². The maximum Gasteiger partial charge on any atom is 0.141 e. The van der Waals surface area contributed by atoms with Gasteiger partial charge in [-0.2, -0.15) is 0 Å². The van der Waals surface area contributed by atoms with Gasteiger partial charge in [-0.15, -0.1) is 0 Å². The van der Waals surface area contributed by atoms with Gasteiger partial charge in [-0.1, -0.05) is 45.0 Å². The second-order valence-corrected chi connectivity index (χ2v) is 6.39. The van der Waals surface area contributed by atoms with Gasteiger partial charge in [0, 0.05) is 0 Å². The Morgan fingerprint density at radius 1 is 1.10 bits per heavy atom. The van der Waals surface area contributed by atoms with E-state index in [-0.39, 0.29) is 17.3 Å². The molecule has 3 heteroatoms. The highest BCUT2D eigenvalue weighted by Gasteiger charge is 2.15. The van der Waals surface area contributed by atoms with Gasteiger partial charge in [-0.3, -0.25) is 4.98 Å². The molecular formula is C18H23FN2. The first-order chi connectivity index (χ1) is 9.90. The molecule has 1 heterocycles. The molecule has 0 saturated heterocycles. The molecule has 0 fully saturated rings. The highest BCUT2D eigenvalue weighted by Crippen LogP contribution is 2.23. The van der Waals surface area contributed by atoms with Gasteiger partial charge in [-0.05, 0) is 42.1 Å². The smallest absolute Gasteiger partial charge is 0.141 e. The number of likely N-dealkylation sites (N-methyl/N-ethyl adjacent to an activating group) is 1. The van der Waals surface area contributed by atoms with E-state index in [4.69, 9.17) is 0 Å². The number of nitrogens with zero attached hydrogens (tertiary/aromatic N) is 1. The normalized spacial score (nSPS) is 13.2. The summed E-state index contributed by atoms with van der Waals surface area (Å²) in [6, 6.07) is 12.0. The van der Waals surface area contributed by atoms with E-state index in [2.05, 4.69) is 55.3 Å². The minimum absolute atomic E-state index is 0.0890. The maximum atomic E-state index is 13.0. The molecule has 0 saturated carbocycles. The standard InChI is InChI=1S/C18H23FN2/c1-18(2,3)14-7-5-13(6-8-14)11-17(20-4)16-10-9-15(19)12-21-16/h5-10,12,17,20H,11H2,1-4H3. The van der Waals surface area contributed by atoms with Crippen LogP contribution >= 0.6 is 0 Å². The zero-order chi connectivity index (χ0) is 15.5. The molecule has 2 rings (SSSR count). The van der Waals surface area contributed by atoms with Gasteiger partial charge in [0.25, 0.3) is 0 Å². The number of halogens is 1. The lowest BCUT2D eigenvalue weighted by Crippen LogP contribution is -2.20. The van der Waals surface area contributed by atoms with Crippen molar-refractivity contribution in [3.63, 3.8) is 0 Å². The average molecular weight is 286 g/mol. The van der Waals surface area contributed by atoms with Crippen LogP contribution in [0, 0.1) is 5.82 Å². The van der Waals surface area contributed by atoms with Crippen LogP contribution in [0.2, 0.25) is 0 Å². The molecule has 0 aliphatic carbocycles. The lowest BCUT2D eigenvalue weighted by Gasteiger charge is -2.20. The first-order valence-corrected chi connectivity index (χ1v) is 7.28. The average Bonchev–Trinajstić information content (AvgIpc) is 2.45. The lowest BCUT2D eigenvalue weighted by molar-refractivity contribution is 0.564. The number of benzene rings is 1. The van der Waals surface area contributed by atoms with Gasteiger partial charge in [0.2, 0.25) is 0 Å². The topological polar surface area (TPSA) is 24.9 Å². The Morgan fingerprint density at radius 3 is 2.24 bits per heavy atom. The van der Waals surface area contributed by atoms with E-state index in [1.807, 2.05) is 7.05 Å². The SMILES string of the molecule is CNC(Cc1ccc(C(C)(C)C)cc1)c1ccc(F)cn1. The third-order valence-corrected chi connectivity index (χ3v) is 3.72. The fourth-order valence-electron chi connectivity index (χ4n) is 2.32. The van der Waals surface area contributed by atoms with Crippen molar-refractivity contribution in [1.29, 1.82) is 0 Å². The highest BCUT2D eigenvalue weighted by molar-refractivity contribution is 5.28. The van der Waals surface area contributed by atoms with E-state index in [0.29, 0.717) is 0 Å². The van der Waals surface area contributed by atoms with E-state index in [0.717, 1.165) is 12.1 Å². The van der Waals surface area contributed by atoms with Gasteiger partial charge in [-0.25, -0.2) is 4.39 Å². The van der Waals surface area contributed by atoms with Crippen LogP contribution in [0.1, 0.15) is 43.6 Å². The van der Waals surface area contributed by atoms with Gasteiger partial charge in [0.05, 0.1) is 17.9 Å². The molecule has 1 unspecified atom stereocenters.